The van der Waals surface area contributed by atoms with Gasteiger partial charge < -0.3 is 19.5 Å². The van der Waals surface area contributed by atoms with Gasteiger partial charge in [0.2, 0.25) is 5.75 Å². The summed E-state index contributed by atoms with van der Waals surface area (Å²) in [4.78, 5) is 22.7. The molecule has 166 valence electrons. The molecule has 3 aromatic rings. The van der Waals surface area contributed by atoms with Crippen LogP contribution >= 0.6 is 0 Å². The van der Waals surface area contributed by atoms with Gasteiger partial charge in [-0.1, -0.05) is 24.3 Å². The molecule has 0 aliphatic carbocycles. The highest BCUT2D eigenvalue weighted by atomic mass is 32.2. The minimum atomic E-state index is -4.54. The quantitative estimate of drug-likeness (QED) is 0.276. The number of benzene rings is 3. The Morgan fingerprint density at radius 3 is 2.06 bits per heavy atom. The van der Waals surface area contributed by atoms with Crippen LogP contribution in [0.1, 0.15) is 13.8 Å². The van der Waals surface area contributed by atoms with E-state index in [1.807, 2.05) is 0 Å². The molecule has 0 aromatic heterocycles. The molecule has 0 bridgehead atoms. The number of hydrogen-bond acceptors (Lipinski definition) is 10. The molecular formula is C21H18N2O8S. The fraction of sp³-hybridized carbons (Fsp3) is 0.143. The van der Waals surface area contributed by atoms with Crippen LogP contribution in [0, 0.1) is 0 Å². The molecule has 3 aromatic carbocycles. The van der Waals surface area contributed by atoms with Gasteiger partial charge in [0, 0.05) is 10.8 Å². The maximum absolute atomic E-state index is 12.8. The van der Waals surface area contributed by atoms with Gasteiger partial charge in [-0.05, 0) is 38.1 Å². The predicted molar refractivity (Wildman–Crippen MR) is 113 cm³/mol. The van der Waals surface area contributed by atoms with Crippen LogP contribution in [-0.4, -0.2) is 41.3 Å². The van der Waals surface area contributed by atoms with E-state index in [9.17, 15) is 33.3 Å². The Morgan fingerprint density at radius 1 is 0.875 bits per heavy atom. The second kappa shape index (κ2) is 8.63. The Kier molecular flexibility index (Phi) is 6.12. The van der Waals surface area contributed by atoms with E-state index < -0.39 is 50.7 Å². The molecule has 32 heavy (non-hydrogen) atoms. The average Bonchev–Trinajstić information content (AvgIpc) is 2.71. The molecule has 0 aliphatic heterocycles. The molecule has 0 atom stereocenters. The summed E-state index contributed by atoms with van der Waals surface area (Å²) in [5.74, 6) is -3.26. The molecule has 0 saturated heterocycles. The SMILES string of the molecule is CC(=O)C(N=Nc1ccc2c(S(=O)(=O)Oc3c(O)cccc3O)cccc2c1O)C(C)=O. The molecule has 3 rings (SSSR count). The molecule has 0 saturated carbocycles. The number of phenols is 3. The summed E-state index contributed by atoms with van der Waals surface area (Å²) < 4.78 is 30.6. The first-order valence-electron chi connectivity index (χ1n) is 9.15. The molecule has 0 spiro atoms. The van der Waals surface area contributed by atoms with Crippen molar-refractivity contribution in [1.29, 1.82) is 0 Å². The molecule has 3 N–H and O–H groups in total. The maximum atomic E-state index is 12.8. The zero-order valence-electron chi connectivity index (χ0n) is 16.9. The summed E-state index contributed by atoms with van der Waals surface area (Å²) in [6, 6.07) is 8.87. The number of phenolic OH excluding ortho intramolecular Hbond substituents is 3. The number of Topliss-reactive ketones (excluding diaryl/α,β-unsaturated/α-hetero) is 2. The number of fused-ring (bicyclic) bond motifs is 1. The molecule has 0 amide bonds. The molecule has 11 heteroatoms. The van der Waals surface area contributed by atoms with Gasteiger partial charge in [-0.25, -0.2) is 0 Å². The van der Waals surface area contributed by atoms with Gasteiger partial charge >= 0.3 is 10.1 Å². The van der Waals surface area contributed by atoms with Crippen molar-refractivity contribution in [1.82, 2.24) is 0 Å². The molecule has 0 heterocycles. The van der Waals surface area contributed by atoms with Gasteiger partial charge in [-0.3, -0.25) is 9.59 Å². The lowest BCUT2D eigenvalue weighted by Crippen LogP contribution is -2.23. The van der Waals surface area contributed by atoms with Gasteiger partial charge in [-0.2, -0.15) is 18.6 Å². The Morgan fingerprint density at radius 2 is 1.47 bits per heavy atom. The molecular weight excluding hydrogens is 440 g/mol. The first-order chi connectivity index (χ1) is 15.0. The van der Waals surface area contributed by atoms with E-state index in [-0.39, 0.29) is 21.4 Å². The number of carbonyl (C=O) groups excluding carboxylic acids is 2. The fourth-order valence-corrected chi connectivity index (χ4v) is 4.09. The fourth-order valence-electron chi connectivity index (χ4n) is 2.92. The van der Waals surface area contributed by atoms with Crippen molar-refractivity contribution in [2.75, 3.05) is 0 Å². The third-order valence-electron chi connectivity index (χ3n) is 4.46. The molecule has 0 unspecified atom stereocenters. The number of hydrogen-bond donors (Lipinski definition) is 3. The average molecular weight is 458 g/mol. The van der Waals surface area contributed by atoms with Crippen LogP contribution in [0.25, 0.3) is 10.8 Å². The van der Waals surface area contributed by atoms with Gasteiger partial charge in [0.05, 0.1) is 0 Å². The number of aromatic hydroxyl groups is 3. The lowest BCUT2D eigenvalue weighted by atomic mass is 10.1. The summed E-state index contributed by atoms with van der Waals surface area (Å²) in [5, 5.41) is 37.8. The lowest BCUT2D eigenvalue weighted by molar-refractivity contribution is -0.126. The smallest absolute Gasteiger partial charge is 0.340 e. The zero-order valence-corrected chi connectivity index (χ0v) is 17.7. The van der Waals surface area contributed by atoms with E-state index in [1.54, 1.807) is 0 Å². The summed E-state index contributed by atoms with van der Waals surface area (Å²) >= 11 is 0. The zero-order chi connectivity index (χ0) is 23.6. The van der Waals surface area contributed by atoms with Crippen molar-refractivity contribution < 1.29 is 37.5 Å². The Labute approximate surface area is 182 Å². The van der Waals surface area contributed by atoms with Crippen LogP contribution in [0.5, 0.6) is 23.0 Å². The van der Waals surface area contributed by atoms with Crippen LogP contribution in [0.4, 0.5) is 5.69 Å². The van der Waals surface area contributed by atoms with Crippen LogP contribution in [-0.2, 0) is 19.7 Å². The van der Waals surface area contributed by atoms with Crippen LogP contribution in [0.15, 0.2) is 63.7 Å². The van der Waals surface area contributed by atoms with E-state index in [4.69, 9.17) is 4.18 Å². The summed E-state index contributed by atoms with van der Waals surface area (Å²) in [6.45, 7) is 2.37. The number of carbonyl (C=O) groups is 2. The van der Waals surface area contributed by atoms with Crippen molar-refractivity contribution in [2.24, 2.45) is 10.2 Å². The highest BCUT2D eigenvalue weighted by molar-refractivity contribution is 7.87. The van der Waals surface area contributed by atoms with Crippen molar-refractivity contribution in [2.45, 2.75) is 24.8 Å². The molecule has 0 aliphatic rings. The van der Waals surface area contributed by atoms with E-state index >= 15 is 0 Å². The number of para-hydroxylation sites is 1. The first-order valence-corrected chi connectivity index (χ1v) is 10.6. The maximum Gasteiger partial charge on any atom is 0.340 e. The number of azo groups is 1. The third kappa shape index (κ3) is 4.37. The largest absolute Gasteiger partial charge is 0.505 e. The van der Waals surface area contributed by atoms with E-state index in [2.05, 4.69) is 10.2 Å². The van der Waals surface area contributed by atoms with Crippen molar-refractivity contribution in [3.05, 3.63) is 48.5 Å². The second-order valence-electron chi connectivity index (χ2n) is 6.79. The predicted octanol–water partition coefficient (Wildman–Crippen LogP) is 3.35. The second-order valence-corrected chi connectivity index (χ2v) is 8.30. The summed E-state index contributed by atoms with van der Waals surface area (Å²) in [5.41, 5.74) is -0.0844. The van der Waals surface area contributed by atoms with Gasteiger partial charge in [0.1, 0.15) is 10.6 Å². The molecule has 0 radical (unpaired) electrons. The monoisotopic (exact) mass is 458 g/mol. The standard InChI is InChI=1S/C21H18N2O8S/c1-11(24)19(12(2)25)23-22-15-10-9-13-14(20(15)28)5-3-8-18(13)32(29,30)31-21-16(26)6-4-7-17(21)27/h3-10,19,26-28H,1-2H3. The van der Waals surface area contributed by atoms with Crippen molar-refractivity contribution >= 4 is 38.1 Å². The van der Waals surface area contributed by atoms with Crippen molar-refractivity contribution in [3.8, 4) is 23.0 Å². The van der Waals surface area contributed by atoms with Crippen LogP contribution in [0.2, 0.25) is 0 Å². The third-order valence-corrected chi connectivity index (χ3v) is 5.74. The van der Waals surface area contributed by atoms with Gasteiger partial charge in [0.15, 0.2) is 34.9 Å². The normalized spacial score (nSPS) is 11.8. The molecule has 0 fully saturated rings. The van der Waals surface area contributed by atoms with E-state index in [0.717, 1.165) is 12.1 Å². The van der Waals surface area contributed by atoms with Crippen molar-refractivity contribution in [3.63, 3.8) is 0 Å². The Balaban J connectivity index is 2.07. The Hall–Kier alpha value is -3.99. The minimum absolute atomic E-state index is 0.0635. The van der Waals surface area contributed by atoms with E-state index in [1.165, 1.54) is 50.2 Å². The van der Waals surface area contributed by atoms with E-state index in [0.29, 0.717) is 0 Å². The topological polar surface area (TPSA) is 163 Å². The van der Waals surface area contributed by atoms with Gasteiger partial charge in [-0.15, -0.1) is 0 Å². The highest BCUT2D eigenvalue weighted by Crippen LogP contribution is 2.40. The van der Waals surface area contributed by atoms with Gasteiger partial charge in [0.25, 0.3) is 0 Å². The number of rotatable bonds is 7. The van der Waals surface area contributed by atoms with Crippen LogP contribution in [0.3, 0.4) is 0 Å². The first kappa shape index (κ1) is 22.7. The van der Waals surface area contributed by atoms with Crippen LogP contribution < -0.4 is 4.18 Å². The number of ketones is 2. The minimum Gasteiger partial charge on any atom is -0.505 e. The summed E-state index contributed by atoms with van der Waals surface area (Å²) in [7, 11) is -4.54. The highest BCUT2D eigenvalue weighted by Gasteiger charge is 2.25. The number of nitrogens with zero attached hydrogens (tertiary/aromatic N) is 2. The molecule has 10 nitrogen and oxygen atoms in total. The summed E-state index contributed by atoms with van der Waals surface area (Å²) in [6.07, 6.45) is 0. The lowest BCUT2D eigenvalue weighted by Gasteiger charge is -2.12. The Bertz CT molecular complexity index is 1330.